The predicted octanol–water partition coefficient (Wildman–Crippen LogP) is 3.82. The minimum Gasteiger partial charge on any atom is -0.294 e. The lowest BCUT2D eigenvalue weighted by atomic mass is 9.91. The van der Waals surface area contributed by atoms with Crippen LogP contribution in [0.3, 0.4) is 0 Å². The highest BCUT2D eigenvalue weighted by Crippen LogP contribution is 2.25. The molecule has 88 valence electrons. The van der Waals surface area contributed by atoms with Crippen LogP contribution in [-0.4, -0.2) is 5.78 Å². The van der Waals surface area contributed by atoms with Gasteiger partial charge in [-0.15, -0.1) is 0 Å². The first-order valence-electron chi connectivity index (χ1n) is 5.75. The van der Waals surface area contributed by atoms with Crippen molar-refractivity contribution in [1.82, 2.24) is 0 Å². The predicted molar refractivity (Wildman–Crippen MR) is 69.7 cm³/mol. The molecule has 1 aromatic rings. The molecule has 17 heavy (non-hydrogen) atoms. The Morgan fingerprint density at radius 3 is 2.65 bits per heavy atom. The summed E-state index contributed by atoms with van der Waals surface area (Å²) in [7, 11) is 0. The van der Waals surface area contributed by atoms with E-state index < -0.39 is 0 Å². The molecule has 0 aromatic heterocycles. The first-order valence-corrected chi connectivity index (χ1v) is 5.75. The lowest BCUT2D eigenvalue weighted by Gasteiger charge is -2.13. The maximum absolute atomic E-state index is 11.5. The first kappa shape index (κ1) is 13.2. The topological polar surface area (TPSA) is 40.9 Å². The van der Waals surface area contributed by atoms with Gasteiger partial charge < -0.3 is 0 Å². The van der Waals surface area contributed by atoms with Crippen LogP contribution in [0.15, 0.2) is 24.8 Å². The van der Waals surface area contributed by atoms with E-state index in [1.165, 1.54) is 6.92 Å². The number of Topliss-reactive ketones (excluding diaryl/α,β-unsaturated/α-hetero) is 1. The van der Waals surface area contributed by atoms with Crippen LogP contribution < -0.4 is 0 Å². The number of ketones is 1. The molecule has 0 saturated carbocycles. The summed E-state index contributed by atoms with van der Waals surface area (Å²) in [5, 5.41) is 8.93. The second-order valence-corrected chi connectivity index (χ2v) is 4.26. The molecule has 1 rings (SSSR count). The molecule has 1 atom stereocenters. The maximum atomic E-state index is 11.5. The van der Waals surface area contributed by atoms with Crippen LogP contribution in [0.25, 0.3) is 5.57 Å². The van der Waals surface area contributed by atoms with Crippen molar-refractivity contribution in [3.8, 4) is 6.07 Å². The van der Waals surface area contributed by atoms with Crippen LogP contribution >= 0.6 is 0 Å². The first-order chi connectivity index (χ1) is 8.01. The van der Waals surface area contributed by atoms with Crippen molar-refractivity contribution in [1.29, 1.82) is 5.26 Å². The van der Waals surface area contributed by atoms with Crippen LogP contribution in [0.1, 0.15) is 48.7 Å². The molecule has 1 aromatic carbocycles. The van der Waals surface area contributed by atoms with E-state index in [2.05, 4.69) is 20.4 Å². The minimum absolute atomic E-state index is 0.0830. The second kappa shape index (κ2) is 5.45. The van der Waals surface area contributed by atoms with Crippen molar-refractivity contribution >= 4 is 11.4 Å². The minimum atomic E-state index is -0.0830. The Bertz CT molecular complexity index is 494. The number of allylic oxidation sites excluding steroid dienone is 1. The molecule has 2 nitrogen and oxygen atoms in total. The molecular formula is C15H17NO. The number of nitrogens with zero attached hydrogens (tertiary/aromatic N) is 1. The average molecular weight is 227 g/mol. The van der Waals surface area contributed by atoms with E-state index in [1.807, 2.05) is 12.1 Å². The van der Waals surface area contributed by atoms with E-state index >= 15 is 0 Å². The van der Waals surface area contributed by atoms with Crippen molar-refractivity contribution in [3.05, 3.63) is 41.5 Å². The van der Waals surface area contributed by atoms with Gasteiger partial charge in [0.05, 0.1) is 11.6 Å². The summed E-state index contributed by atoms with van der Waals surface area (Å²) in [6, 6.07) is 7.36. The normalized spacial score (nSPS) is 11.6. The van der Waals surface area contributed by atoms with Gasteiger partial charge in [-0.25, -0.2) is 0 Å². The third kappa shape index (κ3) is 2.82. The number of carbonyl (C=O) groups excluding carboxylic acids is 1. The molecule has 0 spiro atoms. The molecule has 0 amide bonds. The average Bonchev–Trinajstić information content (AvgIpc) is 2.35. The fraction of sp³-hybridized carbons (Fsp3) is 0.333. The molecule has 0 heterocycles. The Kier molecular flexibility index (Phi) is 4.23. The fourth-order valence-corrected chi connectivity index (χ4v) is 1.66. The summed E-state index contributed by atoms with van der Waals surface area (Å²) in [5.41, 5.74) is 2.87. The molecule has 0 saturated heterocycles. The van der Waals surface area contributed by atoms with E-state index in [1.54, 1.807) is 12.1 Å². The van der Waals surface area contributed by atoms with Crippen LogP contribution in [0.4, 0.5) is 0 Å². The monoisotopic (exact) mass is 227 g/mol. The molecule has 0 aliphatic heterocycles. The van der Waals surface area contributed by atoms with Gasteiger partial charge >= 0.3 is 0 Å². The number of rotatable bonds is 4. The molecule has 0 fully saturated rings. The molecule has 2 heteroatoms. The van der Waals surface area contributed by atoms with Crippen molar-refractivity contribution in [2.24, 2.45) is 5.92 Å². The Balaban J connectivity index is 3.22. The summed E-state index contributed by atoms with van der Waals surface area (Å²) in [6.45, 7) is 9.74. The van der Waals surface area contributed by atoms with Gasteiger partial charge in [0.1, 0.15) is 0 Å². The summed E-state index contributed by atoms with van der Waals surface area (Å²) in [4.78, 5) is 11.5. The number of hydrogen-bond donors (Lipinski definition) is 0. The van der Waals surface area contributed by atoms with Crippen molar-refractivity contribution in [2.75, 3.05) is 0 Å². The lowest BCUT2D eigenvalue weighted by molar-refractivity contribution is 0.101. The summed E-state index contributed by atoms with van der Waals surface area (Å²) < 4.78 is 0. The summed E-state index contributed by atoms with van der Waals surface area (Å²) in [5.74, 6) is 0.295. The highest BCUT2D eigenvalue weighted by atomic mass is 16.1. The highest BCUT2D eigenvalue weighted by Gasteiger charge is 2.12. The highest BCUT2D eigenvalue weighted by molar-refractivity contribution is 5.97. The van der Waals surface area contributed by atoms with Crippen LogP contribution in [0.5, 0.6) is 0 Å². The number of benzene rings is 1. The zero-order chi connectivity index (χ0) is 13.0. The SMILES string of the molecule is C=C(c1ccc(C#N)c(C(C)=O)c1)C(C)CC. The van der Waals surface area contributed by atoms with E-state index in [0.29, 0.717) is 17.0 Å². The fourth-order valence-electron chi connectivity index (χ4n) is 1.66. The third-order valence-electron chi connectivity index (χ3n) is 3.10. The number of hydrogen-bond acceptors (Lipinski definition) is 2. The van der Waals surface area contributed by atoms with Gasteiger partial charge in [-0.2, -0.15) is 5.26 Å². The maximum Gasteiger partial charge on any atom is 0.161 e. The summed E-state index contributed by atoms with van der Waals surface area (Å²) >= 11 is 0. The molecule has 0 bridgehead atoms. The van der Waals surface area contributed by atoms with Crippen molar-refractivity contribution < 1.29 is 4.79 Å². The van der Waals surface area contributed by atoms with Gasteiger partial charge in [0.15, 0.2) is 5.78 Å². The molecular weight excluding hydrogens is 210 g/mol. The van der Waals surface area contributed by atoms with Crippen molar-refractivity contribution in [2.45, 2.75) is 27.2 Å². The van der Waals surface area contributed by atoms with Crippen LogP contribution in [0, 0.1) is 17.2 Å². The van der Waals surface area contributed by atoms with E-state index in [4.69, 9.17) is 5.26 Å². The van der Waals surface area contributed by atoms with Gasteiger partial charge in [0.2, 0.25) is 0 Å². The Morgan fingerprint density at radius 1 is 1.53 bits per heavy atom. The van der Waals surface area contributed by atoms with E-state index in [0.717, 1.165) is 17.6 Å². The molecule has 0 aliphatic rings. The van der Waals surface area contributed by atoms with Gasteiger partial charge in [-0.3, -0.25) is 4.79 Å². The van der Waals surface area contributed by atoms with Gasteiger partial charge in [0.25, 0.3) is 0 Å². The second-order valence-electron chi connectivity index (χ2n) is 4.26. The van der Waals surface area contributed by atoms with Gasteiger partial charge in [-0.1, -0.05) is 26.5 Å². The molecule has 0 aliphatic carbocycles. The van der Waals surface area contributed by atoms with Gasteiger partial charge in [0, 0.05) is 5.56 Å². The van der Waals surface area contributed by atoms with Crippen molar-refractivity contribution in [3.63, 3.8) is 0 Å². The zero-order valence-corrected chi connectivity index (χ0v) is 10.6. The Labute approximate surface area is 103 Å². The smallest absolute Gasteiger partial charge is 0.161 e. The summed E-state index contributed by atoms with van der Waals surface area (Å²) in [6.07, 6.45) is 1.01. The Morgan fingerprint density at radius 2 is 2.18 bits per heavy atom. The van der Waals surface area contributed by atoms with Crippen LogP contribution in [-0.2, 0) is 0 Å². The quantitative estimate of drug-likeness (QED) is 0.734. The van der Waals surface area contributed by atoms with E-state index in [-0.39, 0.29) is 5.78 Å². The number of nitriles is 1. The zero-order valence-electron chi connectivity index (χ0n) is 10.6. The third-order valence-corrected chi connectivity index (χ3v) is 3.10. The largest absolute Gasteiger partial charge is 0.294 e. The standard InChI is InChI=1S/C15H17NO/c1-5-10(2)11(3)13-6-7-14(9-16)15(8-13)12(4)17/h6-8,10H,3,5H2,1-2,4H3. The molecule has 0 radical (unpaired) electrons. The van der Waals surface area contributed by atoms with Gasteiger partial charge in [-0.05, 0) is 42.5 Å². The lowest BCUT2D eigenvalue weighted by Crippen LogP contribution is -2.01. The molecule has 1 unspecified atom stereocenters. The van der Waals surface area contributed by atoms with E-state index in [9.17, 15) is 4.79 Å². The van der Waals surface area contributed by atoms with Crippen LogP contribution in [0.2, 0.25) is 0 Å². The Hall–Kier alpha value is -1.88. The number of carbonyl (C=O) groups is 1. The molecule has 0 N–H and O–H groups in total.